The largest absolute Gasteiger partial charge is 0.369 e. The molecule has 6 N–H and O–H groups in total. The third-order valence-corrected chi connectivity index (χ3v) is 19.9. The second kappa shape index (κ2) is 31.4. The van der Waals surface area contributed by atoms with Crippen molar-refractivity contribution in [2.24, 2.45) is 0 Å². The van der Waals surface area contributed by atoms with Gasteiger partial charge in [-0.15, -0.1) is 0 Å². The molecule has 1 aliphatic carbocycles. The van der Waals surface area contributed by atoms with Gasteiger partial charge in [0.05, 0.1) is 23.6 Å². The summed E-state index contributed by atoms with van der Waals surface area (Å²) in [5.41, 5.74) is 13.7. The van der Waals surface area contributed by atoms with Gasteiger partial charge in [0.2, 0.25) is 35.7 Å². The normalized spacial score (nSPS) is 15.3. The summed E-state index contributed by atoms with van der Waals surface area (Å²) in [6.07, 6.45) is 7.55. The van der Waals surface area contributed by atoms with Crippen LogP contribution in [-0.4, -0.2) is 173 Å². The van der Waals surface area contributed by atoms with E-state index in [0.29, 0.717) is 46.7 Å². The minimum atomic E-state index is -0.465. The molecule has 6 aromatic carbocycles. The Balaban J connectivity index is 0.000000131. The van der Waals surface area contributed by atoms with Crippen LogP contribution < -0.4 is 46.6 Å². The maximum atomic E-state index is 13.6. The van der Waals surface area contributed by atoms with Crippen LogP contribution in [0.4, 0.5) is 91.3 Å². The van der Waals surface area contributed by atoms with Gasteiger partial charge in [-0.25, -0.2) is 34.3 Å². The molecule has 1 saturated carbocycles. The van der Waals surface area contributed by atoms with Crippen LogP contribution in [0.1, 0.15) is 58.7 Å². The first-order valence-electron chi connectivity index (χ1n) is 34.9. The molecule has 4 aliphatic rings. The summed E-state index contributed by atoms with van der Waals surface area (Å²) in [5, 5.41) is 20.2. The van der Waals surface area contributed by atoms with E-state index in [1.165, 1.54) is 29.2 Å². The van der Waals surface area contributed by atoms with Crippen LogP contribution >= 0.6 is 43.5 Å². The molecule has 4 fully saturated rings. The second-order valence-electron chi connectivity index (χ2n) is 26.9. The number of aromatic nitrogens is 12. The summed E-state index contributed by atoms with van der Waals surface area (Å²) in [7, 11) is 6.51. The van der Waals surface area contributed by atoms with Crippen molar-refractivity contribution in [3.63, 3.8) is 0 Å². The summed E-state index contributed by atoms with van der Waals surface area (Å²) >= 11 is 13.0. The van der Waals surface area contributed by atoms with E-state index in [2.05, 4.69) is 232 Å². The zero-order valence-corrected chi connectivity index (χ0v) is 62.6. The van der Waals surface area contributed by atoms with Crippen LogP contribution in [0.2, 0.25) is 5.02 Å². The Morgan fingerprint density at radius 1 is 0.398 bits per heavy atom. The molecule has 12 aromatic rings. The fourth-order valence-corrected chi connectivity index (χ4v) is 13.5. The lowest BCUT2D eigenvalue weighted by atomic mass is 10.2. The van der Waals surface area contributed by atoms with Crippen LogP contribution in [0.25, 0.3) is 33.5 Å². The number of hydrogen-bond acceptors (Lipinski definition) is 21. The fraction of sp³-hybridized carbons (Fsp3) is 0.320. The molecule has 3 saturated heterocycles. The van der Waals surface area contributed by atoms with Crippen molar-refractivity contribution in [3.05, 3.63) is 178 Å². The number of imidazole rings is 3. The Morgan fingerprint density at radius 3 is 1.17 bits per heavy atom. The van der Waals surface area contributed by atoms with E-state index in [-0.39, 0.29) is 17.1 Å². The van der Waals surface area contributed by atoms with E-state index >= 15 is 0 Å². The van der Waals surface area contributed by atoms with Gasteiger partial charge in [-0.1, -0.05) is 49.5 Å². The highest BCUT2D eigenvalue weighted by Crippen LogP contribution is 2.41. The minimum Gasteiger partial charge on any atom is -0.369 e. The zero-order chi connectivity index (χ0) is 71.3. The van der Waals surface area contributed by atoms with Gasteiger partial charge in [0.1, 0.15) is 22.4 Å². The first-order chi connectivity index (χ1) is 49.9. The van der Waals surface area contributed by atoms with E-state index in [0.717, 1.165) is 163 Å². The summed E-state index contributed by atoms with van der Waals surface area (Å²) in [4.78, 5) is 56.4. The maximum absolute atomic E-state index is 13.6. The molecule has 0 unspecified atom stereocenters. The number of piperazine rings is 3. The first-order valence-corrected chi connectivity index (χ1v) is 36.9. The monoisotopic (exact) mass is 1530 g/mol. The van der Waals surface area contributed by atoms with Crippen LogP contribution in [0, 0.1) is 5.82 Å². The molecular weight excluding hydrogens is 1450 g/mol. The maximum Gasteiger partial charge on any atom is 0.229 e. The van der Waals surface area contributed by atoms with Gasteiger partial charge in [0, 0.05) is 157 Å². The molecular formula is C75H84Br2ClFN24. The molecule has 9 heterocycles. The van der Waals surface area contributed by atoms with Crippen molar-refractivity contribution in [2.45, 2.75) is 58.7 Å². The Hall–Kier alpha value is -9.77. The van der Waals surface area contributed by atoms with Crippen molar-refractivity contribution < 1.29 is 4.39 Å². The van der Waals surface area contributed by atoms with E-state index in [1.807, 2.05) is 65.2 Å². The Kier molecular flexibility index (Phi) is 21.5. The van der Waals surface area contributed by atoms with Crippen LogP contribution in [0.3, 0.4) is 0 Å². The number of anilines is 15. The number of benzene rings is 6. The highest BCUT2D eigenvalue weighted by Gasteiger charge is 2.30. The van der Waals surface area contributed by atoms with Gasteiger partial charge in [-0.2, -0.15) is 15.0 Å². The Morgan fingerprint density at radius 2 is 0.757 bits per heavy atom. The summed E-state index contributed by atoms with van der Waals surface area (Å²) in [6, 6.07) is 46.6. The number of likely N-dealkylation sites (N-methyl/N-ethyl adjacent to an activating group) is 3. The molecule has 24 nitrogen and oxygen atoms in total. The summed E-state index contributed by atoms with van der Waals surface area (Å²) in [5.74, 6) is 3.29. The predicted octanol–water partition coefficient (Wildman–Crippen LogP) is 16.0. The Bertz CT molecular complexity index is 4870. The van der Waals surface area contributed by atoms with Crippen LogP contribution in [0.5, 0.6) is 0 Å². The predicted molar refractivity (Wildman–Crippen MR) is 423 cm³/mol. The molecule has 0 bridgehead atoms. The SMILES string of the molecule is CC(C)n1c(Nc2ccc(Br)cc2)nc2cnc(Nc3ccc(N4CCN(C)CC4)cc3)nc21.CC(C)n1c(Nc2ccc(F)c(Cl)c2)nc2cnc(Nc3ccc(N4CCN(C)CC4)cc3)nc21.CN1CCN(c2ccc(Nc3ncc4nc(Nc5cccc(Br)c5)n(C5CC5)c4n3)cc2)CC1. The number of halogens is 4. The Labute approximate surface area is 620 Å². The van der Waals surface area contributed by atoms with Gasteiger partial charge in [0.25, 0.3) is 0 Å². The lowest BCUT2D eigenvalue weighted by Gasteiger charge is -2.34. The van der Waals surface area contributed by atoms with Crippen molar-refractivity contribution >= 4 is 164 Å². The highest BCUT2D eigenvalue weighted by molar-refractivity contribution is 9.10. The molecule has 28 heteroatoms. The van der Waals surface area contributed by atoms with Gasteiger partial charge in [-0.3, -0.25) is 13.7 Å². The van der Waals surface area contributed by atoms with Crippen molar-refractivity contribution in [1.82, 2.24) is 73.3 Å². The van der Waals surface area contributed by atoms with Crippen LogP contribution in [-0.2, 0) is 0 Å². The first kappa shape index (κ1) is 70.3. The van der Waals surface area contributed by atoms with E-state index < -0.39 is 5.82 Å². The number of fused-ring (bicyclic) bond motifs is 3. The summed E-state index contributed by atoms with van der Waals surface area (Å²) < 4.78 is 21.9. The molecule has 103 heavy (non-hydrogen) atoms. The van der Waals surface area contributed by atoms with Crippen molar-refractivity contribution in [2.75, 3.05) is 146 Å². The average molecular weight is 1540 g/mol. The molecule has 0 amide bonds. The second-order valence-corrected chi connectivity index (χ2v) is 29.2. The smallest absolute Gasteiger partial charge is 0.229 e. The quantitative estimate of drug-likeness (QED) is 0.0470. The van der Waals surface area contributed by atoms with Gasteiger partial charge < -0.3 is 61.3 Å². The zero-order valence-electron chi connectivity index (χ0n) is 58.7. The molecule has 0 spiro atoms. The van der Waals surface area contributed by atoms with E-state index in [1.54, 1.807) is 24.7 Å². The summed E-state index contributed by atoms with van der Waals surface area (Å²) in [6.45, 7) is 21.2. The van der Waals surface area contributed by atoms with Crippen molar-refractivity contribution in [3.8, 4) is 0 Å². The van der Waals surface area contributed by atoms with E-state index in [4.69, 9.17) is 36.5 Å². The van der Waals surface area contributed by atoms with E-state index in [9.17, 15) is 4.39 Å². The molecule has 0 radical (unpaired) electrons. The van der Waals surface area contributed by atoms with Gasteiger partial charge >= 0.3 is 0 Å². The topological polar surface area (TPSA) is 222 Å². The number of nitrogens with zero attached hydrogens (tertiary/aromatic N) is 18. The molecule has 6 aromatic heterocycles. The number of rotatable bonds is 18. The standard InChI is InChI=1S/C25H27BrN8.C25H29BrN8.C25H28ClFN8/c1-32-11-13-33(14-12-32)20-7-5-18(6-8-20)28-24-27-16-22-23(31-24)34(21-9-10-21)25(30-22)29-19-4-2-3-17(26)15-19;1-17(2)34-23-22(30-25(34)29-20-6-4-18(26)5-7-20)16-27-24(31-23)28-19-8-10-21(11-9-19)33-14-12-32(3)13-15-33;1-16(2)35-23-22(31-25(35)30-18-6-9-21(27)20(26)14-18)15-28-24(32-23)29-17-4-7-19(8-5-17)34-12-10-33(3)11-13-34/h2-8,15-16,21H,9-14H2,1H3,(H,29,30)(H,27,28,31);4-11,16-17H,12-15H2,1-3H3,(H,29,30)(H,27,28,31);4-9,14-16H,10-13H2,1-3H3,(H,30,31)(H,28,29,32). The van der Waals surface area contributed by atoms with Crippen LogP contribution in [0.15, 0.2) is 167 Å². The molecule has 3 aliphatic heterocycles. The minimum absolute atomic E-state index is 0.0483. The number of nitrogens with one attached hydrogen (secondary N) is 6. The lowest BCUT2D eigenvalue weighted by molar-refractivity contribution is 0.313. The molecule has 532 valence electrons. The highest BCUT2D eigenvalue weighted by atomic mass is 79.9. The molecule has 0 atom stereocenters. The lowest BCUT2D eigenvalue weighted by Crippen LogP contribution is -2.44. The van der Waals surface area contributed by atoms with Gasteiger partial charge in [0.15, 0.2) is 16.9 Å². The van der Waals surface area contributed by atoms with Crippen molar-refractivity contribution in [1.29, 1.82) is 0 Å². The fourth-order valence-electron chi connectivity index (χ4n) is 12.7. The average Bonchev–Trinajstić information content (AvgIpc) is 1.62. The molecule has 16 rings (SSSR count). The van der Waals surface area contributed by atoms with Gasteiger partial charge in [-0.05, 0) is 195 Å². The third-order valence-electron chi connectivity index (χ3n) is 18.6. The number of hydrogen-bond donors (Lipinski definition) is 6. The third kappa shape index (κ3) is 17.2.